The third kappa shape index (κ3) is 5.61. The van der Waals surface area contributed by atoms with Gasteiger partial charge in [-0.15, -0.1) is 0 Å². The van der Waals surface area contributed by atoms with Crippen molar-refractivity contribution in [1.82, 2.24) is 0 Å². The minimum atomic E-state index is -0.635. The van der Waals surface area contributed by atoms with E-state index >= 15 is 0 Å². The van der Waals surface area contributed by atoms with Crippen LogP contribution in [0.15, 0.2) is 46.6 Å². The van der Waals surface area contributed by atoms with Crippen LogP contribution in [-0.2, 0) is 6.42 Å². The summed E-state index contributed by atoms with van der Waals surface area (Å²) in [5.74, 6) is -1.27. The fourth-order valence-corrected chi connectivity index (χ4v) is 2.32. The lowest BCUT2D eigenvalue weighted by Crippen LogP contribution is -1.98. The normalized spacial score (nSPS) is 11.3. The maximum Gasteiger partial charge on any atom is 0.135 e. The molecule has 3 nitrogen and oxygen atoms in total. The fraction of sp³-hybridized carbons (Fsp3) is 0.250. The summed E-state index contributed by atoms with van der Waals surface area (Å²) in [6.45, 7) is 2.08. The van der Waals surface area contributed by atoms with Crippen LogP contribution in [0.2, 0.25) is 0 Å². The SMILES string of the molecule is CCCCCc1cc(F)c(C=NN=Cc2ccc(C#N)cc2)c(F)c1. The molecule has 5 heteroatoms. The molecule has 25 heavy (non-hydrogen) atoms. The summed E-state index contributed by atoms with van der Waals surface area (Å²) in [5.41, 5.74) is 1.74. The first-order valence-electron chi connectivity index (χ1n) is 8.18. The summed E-state index contributed by atoms with van der Waals surface area (Å²) >= 11 is 0. The molecule has 0 aliphatic heterocycles. The smallest absolute Gasteiger partial charge is 0.135 e. The van der Waals surface area contributed by atoms with Crippen molar-refractivity contribution in [2.45, 2.75) is 32.6 Å². The van der Waals surface area contributed by atoms with Crippen molar-refractivity contribution < 1.29 is 8.78 Å². The lowest BCUT2D eigenvalue weighted by Gasteiger charge is -2.04. The number of aryl methyl sites for hydroxylation is 1. The Hall–Kier alpha value is -2.87. The Bertz CT molecular complexity index is 780. The quantitative estimate of drug-likeness (QED) is 0.397. The van der Waals surface area contributed by atoms with E-state index in [4.69, 9.17) is 5.26 Å². The monoisotopic (exact) mass is 339 g/mol. The van der Waals surface area contributed by atoms with Crippen molar-refractivity contribution in [2.75, 3.05) is 0 Å². The highest BCUT2D eigenvalue weighted by Crippen LogP contribution is 2.16. The summed E-state index contributed by atoms with van der Waals surface area (Å²) in [4.78, 5) is 0. The third-order valence-corrected chi connectivity index (χ3v) is 3.71. The molecule has 0 N–H and O–H groups in total. The number of benzene rings is 2. The topological polar surface area (TPSA) is 48.5 Å². The van der Waals surface area contributed by atoms with Gasteiger partial charge in [-0.1, -0.05) is 31.9 Å². The molecule has 0 aliphatic rings. The lowest BCUT2D eigenvalue weighted by molar-refractivity contribution is 0.574. The zero-order valence-corrected chi connectivity index (χ0v) is 14.0. The van der Waals surface area contributed by atoms with Crippen molar-refractivity contribution in [2.24, 2.45) is 10.2 Å². The zero-order valence-electron chi connectivity index (χ0n) is 14.0. The summed E-state index contributed by atoms with van der Waals surface area (Å²) < 4.78 is 28.1. The van der Waals surface area contributed by atoms with E-state index in [1.807, 2.05) is 6.07 Å². The van der Waals surface area contributed by atoms with Crippen LogP contribution in [0, 0.1) is 23.0 Å². The van der Waals surface area contributed by atoms with Gasteiger partial charge in [0.25, 0.3) is 0 Å². The van der Waals surface area contributed by atoms with Gasteiger partial charge in [-0.2, -0.15) is 15.5 Å². The minimum absolute atomic E-state index is 0.198. The lowest BCUT2D eigenvalue weighted by atomic mass is 10.0. The Morgan fingerprint density at radius 3 is 2.24 bits per heavy atom. The van der Waals surface area contributed by atoms with Crippen LogP contribution in [-0.4, -0.2) is 12.4 Å². The molecule has 0 saturated heterocycles. The van der Waals surface area contributed by atoms with Gasteiger partial charge in [0.15, 0.2) is 0 Å². The van der Waals surface area contributed by atoms with Crippen molar-refractivity contribution in [3.63, 3.8) is 0 Å². The first kappa shape index (κ1) is 18.5. The predicted octanol–water partition coefficient (Wildman–Crippen LogP) is 5.02. The molecule has 0 heterocycles. The van der Waals surface area contributed by atoms with Gasteiger partial charge in [-0.25, -0.2) is 8.78 Å². The first-order valence-corrected chi connectivity index (χ1v) is 8.18. The Labute approximate surface area is 146 Å². The van der Waals surface area contributed by atoms with E-state index in [1.54, 1.807) is 24.3 Å². The van der Waals surface area contributed by atoms with Gasteiger partial charge in [0, 0.05) is 0 Å². The Morgan fingerprint density at radius 1 is 1.00 bits per heavy atom. The largest absolute Gasteiger partial charge is 0.206 e. The number of nitrogens with zero attached hydrogens (tertiary/aromatic N) is 3. The van der Waals surface area contributed by atoms with E-state index in [0.29, 0.717) is 17.5 Å². The Kier molecular flexibility index (Phi) is 6.97. The number of hydrogen-bond acceptors (Lipinski definition) is 3. The van der Waals surface area contributed by atoms with Crippen LogP contribution in [0.4, 0.5) is 8.78 Å². The average Bonchev–Trinajstić information content (AvgIpc) is 2.61. The number of nitriles is 1. The van der Waals surface area contributed by atoms with Gasteiger partial charge in [0.05, 0.1) is 29.6 Å². The van der Waals surface area contributed by atoms with Gasteiger partial charge in [0.1, 0.15) is 11.6 Å². The number of halogens is 2. The van der Waals surface area contributed by atoms with E-state index in [2.05, 4.69) is 17.1 Å². The fourth-order valence-electron chi connectivity index (χ4n) is 2.32. The van der Waals surface area contributed by atoms with E-state index < -0.39 is 11.6 Å². The number of unbranched alkanes of at least 4 members (excludes halogenated alkanes) is 2. The molecule has 128 valence electrons. The van der Waals surface area contributed by atoms with Gasteiger partial charge in [-0.05, 0) is 48.2 Å². The van der Waals surface area contributed by atoms with Crippen molar-refractivity contribution in [1.29, 1.82) is 5.26 Å². The number of rotatable bonds is 7. The highest BCUT2D eigenvalue weighted by Gasteiger charge is 2.09. The van der Waals surface area contributed by atoms with Crippen LogP contribution in [0.1, 0.15) is 48.4 Å². The molecule has 0 fully saturated rings. The molecule has 0 amide bonds. The van der Waals surface area contributed by atoms with Gasteiger partial charge in [0.2, 0.25) is 0 Å². The summed E-state index contributed by atoms with van der Waals surface area (Å²) in [6, 6.07) is 11.5. The summed E-state index contributed by atoms with van der Waals surface area (Å²) in [7, 11) is 0. The molecular formula is C20H19F2N3. The predicted molar refractivity (Wildman–Crippen MR) is 95.9 cm³/mol. The average molecular weight is 339 g/mol. The minimum Gasteiger partial charge on any atom is -0.206 e. The Balaban J connectivity index is 2.04. The molecule has 0 bridgehead atoms. The van der Waals surface area contributed by atoms with E-state index in [1.165, 1.54) is 18.3 Å². The van der Waals surface area contributed by atoms with Crippen LogP contribution in [0.25, 0.3) is 0 Å². The van der Waals surface area contributed by atoms with Crippen LogP contribution in [0.3, 0.4) is 0 Å². The molecule has 0 spiro atoms. The maximum atomic E-state index is 14.0. The van der Waals surface area contributed by atoms with E-state index in [0.717, 1.165) is 31.0 Å². The van der Waals surface area contributed by atoms with Crippen molar-refractivity contribution >= 4 is 12.4 Å². The molecule has 0 radical (unpaired) electrons. The molecule has 2 aromatic carbocycles. The van der Waals surface area contributed by atoms with Gasteiger partial charge >= 0.3 is 0 Å². The number of hydrogen-bond donors (Lipinski definition) is 0. The van der Waals surface area contributed by atoms with E-state index in [-0.39, 0.29) is 5.56 Å². The second-order valence-electron chi connectivity index (χ2n) is 5.65. The maximum absolute atomic E-state index is 14.0. The molecule has 2 aromatic rings. The molecule has 0 aromatic heterocycles. The zero-order chi connectivity index (χ0) is 18.1. The standard InChI is InChI=1S/C20H19F2N3/c1-2-3-4-5-17-10-19(21)18(20(22)11-17)14-25-24-13-16-8-6-15(12-23)7-9-16/h6-11,13-14H,2-5H2,1H3. The molecule has 2 rings (SSSR count). The highest BCUT2D eigenvalue weighted by molar-refractivity contribution is 5.83. The van der Waals surface area contributed by atoms with Crippen molar-refractivity contribution in [3.05, 3.63) is 70.3 Å². The van der Waals surface area contributed by atoms with Gasteiger partial charge in [-0.3, -0.25) is 0 Å². The molecular weight excluding hydrogens is 320 g/mol. The highest BCUT2D eigenvalue weighted by atomic mass is 19.1. The molecule has 0 saturated carbocycles. The first-order chi connectivity index (χ1) is 12.1. The van der Waals surface area contributed by atoms with Crippen LogP contribution < -0.4 is 0 Å². The van der Waals surface area contributed by atoms with Crippen molar-refractivity contribution in [3.8, 4) is 6.07 Å². The summed E-state index contributed by atoms with van der Waals surface area (Å²) in [5, 5.41) is 16.2. The molecule has 0 aliphatic carbocycles. The molecule has 0 unspecified atom stereocenters. The third-order valence-electron chi connectivity index (χ3n) is 3.71. The molecule has 0 atom stereocenters. The Morgan fingerprint density at radius 2 is 1.64 bits per heavy atom. The van der Waals surface area contributed by atoms with E-state index in [9.17, 15) is 8.78 Å². The summed E-state index contributed by atoms with van der Waals surface area (Å²) in [6.07, 6.45) is 6.20. The second-order valence-corrected chi connectivity index (χ2v) is 5.65. The van der Waals surface area contributed by atoms with Gasteiger partial charge < -0.3 is 0 Å². The van der Waals surface area contributed by atoms with Crippen LogP contribution >= 0.6 is 0 Å². The second kappa shape index (κ2) is 9.43. The van der Waals surface area contributed by atoms with Crippen LogP contribution in [0.5, 0.6) is 0 Å².